The van der Waals surface area contributed by atoms with Crippen molar-refractivity contribution >= 4 is 145 Å². The van der Waals surface area contributed by atoms with Gasteiger partial charge in [0.15, 0.2) is 0 Å². The summed E-state index contributed by atoms with van der Waals surface area (Å²) >= 11 is 16.3. The number of hydrogen-bond donors (Lipinski definition) is 24. The van der Waals surface area contributed by atoms with Gasteiger partial charge in [0.1, 0.15) is 78.3 Å². The maximum atomic E-state index is 14.1. The van der Waals surface area contributed by atoms with Crippen LogP contribution >= 0.6 is 50.5 Å². The second-order valence-electron chi connectivity index (χ2n) is 23.0. The van der Waals surface area contributed by atoms with E-state index in [2.05, 4.69) is 130 Å². The number of rotatable bonds is 42. The lowest BCUT2D eigenvalue weighted by atomic mass is 9.97. The summed E-state index contributed by atoms with van der Waals surface area (Å²) in [5.74, 6) is -18.4. The predicted octanol–water partition coefficient (Wildman–Crippen LogP) is -7.73. The molecule has 1 aromatic carbocycles. The van der Waals surface area contributed by atoms with Gasteiger partial charge in [-0.3, -0.25) is 71.9 Å². The normalized spacial score (nSPS) is 17.1. The van der Waals surface area contributed by atoms with Gasteiger partial charge in [0.05, 0.1) is 31.3 Å². The Balaban J connectivity index is 2.19. The van der Waals surface area contributed by atoms with E-state index < -0.39 is 229 Å². The van der Waals surface area contributed by atoms with Crippen LogP contribution in [0.2, 0.25) is 0 Å². The van der Waals surface area contributed by atoms with Crippen molar-refractivity contribution in [1.82, 2.24) is 79.8 Å². The van der Waals surface area contributed by atoms with E-state index in [0.29, 0.717) is 18.5 Å². The van der Waals surface area contributed by atoms with Gasteiger partial charge in [0, 0.05) is 35.9 Å². The first-order valence-corrected chi connectivity index (χ1v) is 33.5. The molecule has 36 nitrogen and oxygen atoms in total. The minimum absolute atomic E-state index is 0.142. The molecule has 1 aliphatic heterocycles. The monoisotopic (exact) mass is 1460 g/mol. The maximum Gasteiger partial charge on any atom is 0.327 e. The van der Waals surface area contributed by atoms with Crippen LogP contribution in [-0.4, -0.2) is 254 Å². The molecule has 0 unspecified atom stereocenters. The summed E-state index contributed by atoms with van der Waals surface area (Å²) in [5.41, 5.74) is 0.388. The molecule has 0 aromatic heterocycles. The highest BCUT2D eigenvalue weighted by Gasteiger charge is 2.37. The summed E-state index contributed by atoms with van der Waals surface area (Å²) in [5, 5.41) is 85.1. The zero-order chi connectivity index (χ0) is 74.3. The number of phenols is 1. The average molecular weight is 1460 g/mol. The third-order valence-electron chi connectivity index (χ3n) is 15.0. The maximum absolute atomic E-state index is 14.1. The van der Waals surface area contributed by atoms with Crippen molar-refractivity contribution < 1.29 is 102 Å². The van der Waals surface area contributed by atoms with Crippen LogP contribution in [-0.2, 0) is 83.1 Å². The van der Waals surface area contributed by atoms with Crippen LogP contribution in [0, 0.1) is 5.92 Å². The lowest BCUT2D eigenvalue weighted by Crippen LogP contribution is -2.62. The zero-order valence-electron chi connectivity index (χ0n) is 54.8. The number of carboxylic acid groups (broad SMARTS) is 2. The molecule has 98 heavy (non-hydrogen) atoms. The quantitative estimate of drug-likeness (QED) is 0.0270. The smallest absolute Gasteiger partial charge is 0.327 e. The Morgan fingerprint density at radius 3 is 1.34 bits per heavy atom. The standard InChI is InChI=1S/C58H91N15O21S4/c1-8-25(2)43(72-50(85)34(15-16-42(79)80)66-53(88)37(22-96)70-57(92)45(30(7)75)71-41(78)20-60-49(84)33-10-9-17-59-33)56(91)69-36(21-95)52(87)64-28(5)47(82)67-35(18-31-11-13-32(76)14-12-31)51(86)63-26(3)46(81)62-27(4)48(83)68-38(23-97)54(89)73-44(29(6)74)55(90)61-19-40(77)65-39(24-98)58(93)94/h11-14,25-30,33-39,43-45,59,74-76,95-98H,8-10,15-24H2,1-7H3,(H,60,84)(H,61,90)(H,62,81)(H,63,86)(H,64,87)(H,65,77)(H,66,88)(H,67,82)(H,68,83)(H,69,91)(H,70,92)(H,71,78)(H,72,85)(H,73,89)(H,79,80)(H,93,94)/t25-,26-,27-,28-,29+,30+,33-,34-,35-,36-,37-,38-,39-,43-,44-,45-/m0/s1. The number of hydrogen-bond acceptors (Lipinski definition) is 24. The number of aliphatic carboxylic acids is 2. The van der Waals surface area contributed by atoms with E-state index in [1.165, 1.54) is 52.0 Å². The molecule has 16 atom stereocenters. The van der Waals surface area contributed by atoms with Crippen molar-refractivity contribution in [1.29, 1.82) is 0 Å². The highest BCUT2D eigenvalue weighted by molar-refractivity contribution is 7.80. The van der Waals surface area contributed by atoms with Crippen molar-refractivity contribution in [2.45, 2.75) is 178 Å². The van der Waals surface area contributed by atoms with E-state index in [4.69, 9.17) is 5.11 Å². The van der Waals surface area contributed by atoms with E-state index in [9.17, 15) is 97.1 Å². The molecule has 0 bridgehead atoms. The minimum atomic E-state index is -1.69. The molecule has 2 rings (SSSR count). The van der Waals surface area contributed by atoms with E-state index in [-0.39, 0.29) is 30.1 Å². The molecular weight excluding hydrogens is 1370 g/mol. The van der Waals surface area contributed by atoms with Gasteiger partial charge in [0.25, 0.3) is 0 Å². The molecule has 0 radical (unpaired) electrons. The highest BCUT2D eigenvalue weighted by atomic mass is 32.1. The molecule has 0 aliphatic carbocycles. The van der Waals surface area contributed by atoms with Crippen LogP contribution in [0.25, 0.3) is 0 Å². The Hall–Kier alpha value is -8.18. The van der Waals surface area contributed by atoms with Gasteiger partial charge in [-0.15, -0.1) is 0 Å². The Kier molecular flexibility index (Phi) is 37.9. The summed E-state index contributed by atoms with van der Waals surface area (Å²) in [6.45, 7) is 8.51. The zero-order valence-corrected chi connectivity index (χ0v) is 58.4. The first-order chi connectivity index (χ1) is 46.0. The number of amides is 14. The lowest BCUT2D eigenvalue weighted by Gasteiger charge is -2.29. The van der Waals surface area contributed by atoms with Crippen molar-refractivity contribution in [3.05, 3.63) is 29.8 Å². The number of aromatic hydroxyl groups is 1. The number of aliphatic hydroxyl groups excluding tert-OH is 2. The fourth-order valence-corrected chi connectivity index (χ4v) is 9.92. The molecule has 20 N–H and O–H groups in total. The molecule has 1 aromatic rings. The van der Waals surface area contributed by atoms with Crippen LogP contribution in [0.1, 0.15) is 86.1 Å². The highest BCUT2D eigenvalue weighted by Crippen LogP contribution is 2.14. The van der Waals surface area contributed by atoms with Crippen LogP contribution < -0.4 is 79.8 Å². The minimum Gasteiger partial charge on any atom is -0.508 e. The first-order valence-electron chi connectivity index (χ1n) is 31.0. The predicted molar refractivity (Wildman–Crippen MR) is 362 cm³/mol. The van der Waals surface area contributed by atoms with Gasteiger partial charge in [-0.25, -0.2) is 4.79 Å². The Bertz CT molecular complexity index is 2990. The second kappa shape index (κ2) is 43.3. The Morgan fingerprint density at radius 1 is 0.469 bits per heavy atom. The van der Waals surface area contributed by atoms with Gasteiger partial charge in [-0.1, -0.05) is 32.4 Å². The van der Waals surface area contributed by atoms with E-state index in [0.717, 1.165) is 13.3 Å². The summed E-state index contributed by atoms with van der Waals surface area (Å²) < 4.78 is 0. The third kappa shape index (κ3) is 29.5. The number of carbonyl (C=O) groups is 16. The summed E-state index contributed by atoms with van der Waals surface area (Å²) in [4.78, 5) is 210. The van der Waals surface area contributed by atoms with Gasteiger partial charge < -0.3 is 105 Å². The van der Waals surface area contributed by atoms with Gasteiger partial charge in [0.2, 0.25) is 82.7 Å². The molecule has 0 saturated carbocycles. The molecule has 40 heteroatoms. The number of nitrogens with one attached hydrogen (secondary N) is 15. The van der Waals surface area contributed by atoms with Gasteiger partial charge in [-0.2, -0.15) is 50.5 Å². The van der Waals surface area contributed by atoms with E-state index >= 15 is 0 Å². The molecule has 1 heterocycles. The largest absolute Gasteiger partial charge is 0.508 e. The van der Waals surface area contributed by atoms with Crippen molar-refractivity contribution in [3.8, 4) is 5.75 Å². The number of carboxylic acids is 2. The molecule has 1 aliphatic rings. The molecule has 1 saturated heterocycles. The fraction of sp³-hybridized carbons (Fsp3) is 0.621. The Morgan fingerprint density at radius 2 is 0.867 bits per heavy atom. The van der Waals surface area contributed by atoms with Crippen LogP contribution in [0.5, 0.6) is 5.75 Å². The second-order valence-corrected chi connectivity index (χ2v) is 24.4. The SMILES string of the molecule is CC[C@H](C)[C@H](NC(=O)[C@H](CCC(=O)O)NC(=O)[C@H](CS)NC(=O)[C@@H](NC(=O)CNC(=O)[C@@H]1CCCN1)[C@@H](C)O)C(=O)N[C@@H](CS)C(=O)N[C@@H](C)C(=O)N[C@@H](Cc1ccc(O)cc1)C(=O)N[C@@H](C)C(=O)N[C@@H](C)C(=O)N[C@@H](CS)C(=O)N[C@H](C(=O)NCC(=O)N[C@@H](CS)C(=O)O)[C@@H](C)O. The molecule has 548 valence electrons. The average Bonchev–Trinajstić information content (AvgIpc) is 0.999. The number of carbonyl (C=O) groups excluding carboxylic acids is 14. The Labute approximate surface area is 586 Å². The topological polar surface area (TPSA) is 555 Å². The van der Waals surface area contributed by atoms with Crippen LogP contribution in [0.3, 0.4) is 0 Å². The summed E-state index contributed by atoms with van der Waals surface area (Å²) in [7, 11) is 0. The molecule has 0 spiro atoms. The summed E-state index contributed by atoms with van der Waals surface area (Å²) in [6, 6.07) is -13.4. The van der Waals surface area contributed by atoms with Crippen molar-refractivity contribution in [2.75, 3.05) is 42.6 Å². The number of aliphatic hydroxyl groups is 2. The molecule has 1 fully saturated rings. The van der Waals surface area contributed by atoms with Crippen LogP contribution in [0.4, 0.5) is 0 Å². The third-order valence-corrected chi connectivity index (χ3v) is 16.4. The fourth-order valence-electron chi connectivity index (χ4n) is 8.90. The summed E-state index contributed by atoms with van der Waals surface area (Å²) in [6.07, 6.45) is -3.07. The number of benzene rings is 1. The first kappa shape index (κ1) is 85.9. The van der Waals surface area contributed by atoms with Crippen LogP contribution in [0.15, 0.2) is 24.3 Å². The lowest BCUT2D eigenvalue weighted by molar-refractivity contribution is -0.141. The van der Waals surface area contributed by atoms with Gasteiger partial charge >= 0.3 is 11.9 Å². The van der Waals surface area contributed by atoms with Crippen molar-refractivity contribution in [2.24, 2.45) is 5.92 Å². The molecule has 14 amide bonds. The number of phenolic OH excluding ortho intramolecular Hbond substituents is 1. The van der Waals surface area contributed by atoms with E-state index in [1.807, 2.05) is 0 Å². The van der Waals surface area contributed by atoms with E-state index in [1.54, 1.807) is 13.8 Å². The number of thiol groups is 4. The van der Waals surface area contributed by atoms with Gasteiger partial charge in [-0.05, 0) is 84.0 Å². The van der Waals surface area contributed by atoms with Crippen molar-refractivity contribution in [3.63, 3.8) is 0 Å². The molecular formula is C58H91N15O21S4.